The molecule has 2 N–H and O–H groups in total. The Kier molecular flexibility index (Phi) is 6.83. The summed E-state index contributed by atoms with van der Waals surface area (Å²) in [6.45, 7) is 4.01. The normalized spacial score (nSPS) is 13.0. The van der Waals surface area contributed by atoms with Gasteiger partial charge >= 0.3 is 6.18 Å². The molecule has 1 unspecified atom stereocenters. The molecule has 156 valence electrons. The van der Waals surface area contributed by atoms with Crippen molar-refractivity contribution in [2.75, 3.05) is 11.9 Å². The number of benzene rings is 2. The van der Waals surface area contributed by atoms with E-state index in [1.807, 2.05) is 0 Å². The molecule has 2 aromatic rings. The van der Waals surface area contributed by atoms with E-state index in [1.165, 1.54) is 32.0 Å². The number of anilines is 1. The fraction of sp³-hybridized carbons (Fsp3) is 0.316. The first-order chi connectivity index (χ1) is 13.4. The number of nitrogens with one attached hydrogen (secondary N) is 2. The molecule has 0 aliphatic carbocycles. The van der Waals surface area contributed by atoms with Crippen molar-refractivity contribution in [3.8, 4) is 6.07 Å². The largest absolute Gasteiger partial charge is 0.406 e. The van der Waals surface area contributed by atoms with Gasteiger partial charge < -0.3 is 5.32 Å². The third-order valence-corrected chi connectivity index (χ3v) is 6.28. The zero-order valence-corrected chi connectivity index (χ0v) is 17.4. The van der Waals surface area contributed by atoms with Gasteiger partial charge in [-0.2, -0.15) is 23.2 Å². The smallest absolute Gasteiger partial charge is 0.382 e. The van der Waals surface area contributed by atoms with Crippen LogP contribution in [0.25, 0.3) is 0 Å². The molecule has 0 bridgehead atoms. The lowest BCUT2D eigenvalue weighted by molar-refractivity contribution is -0.148. The summed E-state index contributed by atoms with van der Waals surface area (Å²) in [6, 6.07) is 6.86. The number of hydrogen-bond donors (Lipinski definition) is 2. The van der Waals surface area contributed by atoms with Crippen molar-refractivity contribution in [2.45, 2.75) is 37.9 Å². The predicted octanol–water partition coefficient (Wildman–Crippen LogP) is 4.46. The topological polar surface area (TPSA) is 82.0 Å². The van der Waals surface area contributed by atoms with Crippen LogP contribution in [0.3, 0.4) is 0 Å². The monoisotopic (exact) mass is 445 g/mol. The standard InChI is InChI=1S/C19H19ClF3N3O2S/c1-11-7-12(2)18(13(3)8-11)29(27,28)26-17(19(21,22)23)10-25-16-6-4-5-15(20)14(16)9-24/h4-8,17,25-26H,10H2,1-3H3. The number of halogens is 4. The van der Waals surface area contributed by atoms with E-state index in [9.17, 15) is 21.6 Å². The van der Waals surface area contributed by atoms with E-state index in [1.54, 1.807) is 29.8 Å². The molecule has 0 saturated heterocycles. The third-order valence-electron chi connectivity index (χ3n) is 4.19. The molecule has 10 heteroatoms. The van der Waals surface area contributed by atoms with Crippen LogP contribution in [0, 0.1) is 32.1 Å². The molecule has 29 heavy (non-hydrogen) atoms. The van der Waals surface area contributed by atoms with Gasteiger partial charge in [-0.05, 0) is 44.0 Å². The van der Waals surface area contributed by atoms with Crippen LogP contribution in [0.1, 0.15) is 22.3 Å². The van der Waals surface area contributed by atoms with Crippen LogP contribution in [-0.4, -0.2) is 27.2 Å². The van der Waals surface area contributed by atoms with E-state index < -0.39 is 28.8 Å². The van der Waals surface area contributed by atoms with Crippen LogP contribution in [0.4, 0.5) is 18.9 Å². The molecule has 5 nitrogen and oxygen atoms in total. The van der Waals surface area contributed by atoms with Gasteiger partial charge in [0.15, 0.2) is 0 Å². The molecule has 2 rings (SSSR count). The minimum Gasteiger partial charge on any atom is -0.382 e. The van der Waals surface area contributed by atoms with Gasteiger partial charge in [-0.15, -0.1) is 0 Å². The summed E-state index contributed by atoms with van der Waals surface area (Å²) in [5.41, 5.74) is 1.56. The Balaban J connectivity index is 2.34. The van der Waals surface area contributed by atoms with Crippen LogP contribution in [-0.2, 0) is 10.0 Å². The maximum absolute atomic E-state index is 13.5. The van der Waals surface area contributed by atoms with Crippen molar-refractivity contribution in [1.29, 1.82) is 5.26 Å². The number of rotatable bonds is 6. The first-order valence-corrected chi connectivity index (χ1v) is 10.3. The minimum atomic E-state index is -4.86. The molecule has 0 saturated carbocycles. The molecule has 0 amide bonds. The molecule has 0 heterocycles. The van der Waals surface area contributed by atoms with Crippen molar-refractivity contribution >= 4 is 27.3 Å². The van der Waals surface area contributed by atoms with Crippen molar-refractivity contribution in [3.63, 3.8) is 0 Å². The molecule has 0 aliphatic rings. The Morgan fingerprint density at radius 2 is 1.76 bits per heavy atom. The molecule has 1 atom stereocenters. The molecule has 0 fully saturated rings. The van der Waals surface area contributed by atoms with Crippen molar-refractivity contribution in [3.05, 3.63) is 57.6 Å². The quantitative estimate of drug-likeness (QED) is 0.687. The highest BCUT2D eigenvalue weighted by molar-refractivity contribution is 7.89. The maximum atomic E-state index is 13.5. The van der Waals surface area contributed by atoms with Crippen molar-refractivity contribution in [2.24, 2.45) is 0 Å². The zero-order valence-electron chi connectivity index (χ0n) is 15.9. The van der Waals surface area contributed by atoms with E-state index >= 15 is 0 Å². The Labute approximate surface area is 172 Å². The lowest BCUT2D eigenvalue weighted by atomic mass is 10.1. The van der Waals surface area contributed by atoms with Gasteiger partial charge in [-0.1, -0.05) is 35.4 Å². The highest BCUT2D eigenvalue weighted by Crippen LogP contribution is 2.28. The molecule has 2 aromatic carbocycles. The van der Waals surface area contributed by atoms with Crippen LogP contribution in [0.5, 0.6) is 0 Å². The number of nitriles is 1. The highest BCUT2D eigenvalue weighted by Gasteiger charge is 2.42. The number of sulfonamides is 1. The van der Waals surface area contributed by atoms with Gasteiger partial charge in [0.05, 0.1) is 21.2 Å². The van der Waals surface area contributed by atoms with E-state index in [4.69, 9.17) is 16.9 Å². The third kappa shape index (κ3) is 5.41. The van der Waals surface area contributed by atoms with E-state index in [0.29, 0.717) is 11.1 Å². The molecule has 0 radical (unpaired) electrons. The number of nitrogens with zero attached hydrogens (tertiary/aromatic N) is 1. The Morgan fingerprint density at radius 3 is 2.28 bits per heavy atom. The lowest BCUT2D eigenvalue weighted by Gasteiger charge is -2.24. The lowest BCUT2D eigenvalue weighted by Crippen LogP contribution is -2.49. The second kappa shape index (κ2) is 8.61. The molecule has 0 spiro atoms. The van der Waals surface area contributed by atoms with Gasteiger partial charge in [0.25, 0.3) is 0 Å². The molecule has 0 aliphatic heterocycles. The summed E-state index contributed by atoms with van der Waals surface area (Å²) < 4.78 is 67.8. The van der Waals surface area contributed by atoms with Crippen molar-refractivity contribution < 1.29 is 21.6 Å². The number of alkyl halides is 3. The molecule has 0 aromatic heterocycles. The van der Waals surface area contributed by atoms with Gasteiger partial charge in [0.1, 0.15) is 12.1 Å². The average molecular weight is 446 g/mol. The van der Waals surface area contributed by atoms with E-state index in [0.717, 1.165) is 5.56 Å². The van der Waals surface area contributed by atoms with Crippen molar-refractivity contribution in [1.82, 2.24) is 4.72 Å². The summed E-state index contributed by atoms with van der Waals surface area (Å²) >= 11 is 5.87. The summed E-state index contributed by atoms with van der Waals surface area (Å²) in [7, 11) is -4.45. The first-order valence-electron chi connectivity index (χ1n) is 8.46. The summed E-state index contributed by atoms with van der Waals surface area (Å²) in [5.74, 6) is 0. The second-order valence-corrected chi connectivity index (χ2v) is 8.66. The Bertz CT molecular complexity index is 1040. The van der Waals surface area contributed by atoms with E-state index in [-0.39, 0.29) is 21.2 Å². The van der Waals surface area contributed by atoms with Crippen LogP contribution < -0.4 is 10.0 Å². The maximum Gasteiger partial charge on any atom is 0.406 e. The summed E-state index contributed by atoms with van der Waals surface area (Å²) in [6.07, 6.45) is -4.86. The van der Waals surface area contributed by atoms with Gasteiger partial charge in [0, 0.05) is 6.54 Å². The van der Waals surface area contributed by atoms with Crippen LogP contribution >= 0.6 is 11.6 Å². The predicted molar refractivity (Wildman–Crippen MR) is 105 cm³/mol. The zero-order chi connectivity index (χ0) is 22.0. The molecular formula is C19H19ClF3N3O2S. The number of hydrogen-bond acceptors (Lipinski definition) is 4. The second-order valence-electron chi connectivity index (χ2n) is 6.60. The fourth-order valence-electron chi connectivity index (χ4n) is 3.06. The van der Waals surface area contributed by atoms with E-state index in [2.05, 4.69) is 5.32 Å². The van der Waals surface area contributed by atoms with Crippen LogP contribution in [0.15, 0.2) is 35.2 Å². The first kappa shape index (κ1) is 23.0. The average Bonchev–Trinajstić information content (AvgIpc) is 2.56. The van der Waals surface area contributed by atoms with Gasteiger partial charge in [0.2, 0.25) is 10.0 Å². The fourth-order valence-corrected chi connectivity index (χ4v) is 4.95. The van der Waals surface area contributed by atoms with Gasteiger partial charge in [-0.25, -0.2) is 8.42 Å². The Morgan fingerprint density at radius 1 is 1.17 bits per heavy atom. The highest BCUT2D eigenvalue weighted by atomic mass is 35.5. The van der Waals surface area contributed by atoms with Gasteiger partial charge in [-0.3, -0.25) is 0 Å². The SMILES string of the molecule is Cc1cc(C)c(S(=O)(=O)NC(CNc2cccc(Cl)c2C#N)C(F)(F)F)c(C)c1. The Hall–Kier alpha value is -2.28. The number of aryl methyl sites for hydroxylation is 3. The van der Waals surface area contributed by atoms with Crippen LogP contribution in [0.2, 0.25) is 5.02 Å². The minimum absolute atomic E-state index is 0.0248. The summed E-state index contributed by atoms with van der Waals surface area (Å²) in [4.78, 5) is -0.183. The molecular weight excluding hydrogens is 427 g/mol. The summed E-state index contributed by atoms with van der Waals surface area (Å²) in [5, 5.41) is 11.7.